The number of thiophene rings is 1. The number of para-hydroxylation sites is 1. The van der Waals surface area contributed by atoms with Crippen molar-refractivity contribution in [3.05, 3.63) is 80.4 Å². The van der Waals surface area contributed by atoms with Gasteiger partial charge in [0.25, 0.3) is 11.5 Å². The number of aromatic nitrogens is 2. The van der Waals surface area contributed by atoms with E-state index in [1.165, 1.54) is 16.8 Å². The van der Waals surface area contributed by atoms with Crippen molar-refractivity contribution >= 4 is 28.8 Å². The Labute approximate surface area is 171 Å². The molecular formula is C21H20N4O3S. The van der Waals surface area contributed by atoms with Crippen LogP contribution < -0.4 is 15.8 Å². The Bertz CT molecular complexity index is 1090. The molecule has 0 bridgehead atoms. The van der Waals surface area contributed by atoms with Crippen LogP contribution in [0.1, 0.15) is 27.3 Å². The molecule has 3 heterocycles. The molecule has 0 saturated carbocycles. The van der Waals surface area contributed by atoms with Gasteiger partial charge in [0.15, 0.2) is 0 Å². The number of nitrogens with one attached hydrogen (secondary N) is 1. The first kappa shape index (κ1) is 19.1. The predicted octanol–water partition coefficient (Wildman–Crippen LogP) is 2.21. The van der Waals surface area contributed by atoms with Crippen molar-refractivity contribution < 1.29 is 9.59 Å². The van der Waals surface area contributed by atoms with E-state index >= 15 is 0 Å². The van der Waals surface area contributed by atoms with Crippen LogP contribution >= 0.6 is 11.3 Å². The minimum absolute atomic E-state index is 0.114. The highest BCUT2D eigenvalue weighted by atomic mass is 32.1. The third kappa shape index (κ3) is 4.27. The van der Waals surface area contributed by atoms with E-state index in [0.29, 0.717) is 13.1 Å². The molecule has 0 aliphatic carbocycles. The lowest BCUT2D eigenvalue weighted by atomic mass is 10.2. The van der Waals surface area contributed by atoms with Crippen molar-refractivity contribution in [2.75, 3.05) is 11.4 Å². The van der Waals surface area contributed by atoms with E-state index in [1.54, 1.807) is 16.2 Å². The number of hydrogen-bond acceptors (Lipinski definition) is 5. The topological polar surface area (TPSA) is 84.3 Å². The number of benzene rings is 1. The average molecular weight is 408 g/mol. The Kier molecular flexibility index (Phi) is 5.53. The van der Waals surface area contributed by atoms with E-state index in [2.05, 4.69) is 10.4 Å². The Morgan fingerprint density at radius 1 is 1.10 bits per heavy atom. The van der Waals surface area contributed by atoms with Gasteiger partial charge < -0.3 is 10.2 Å². The first-order valence-corrected chi connectivity index (χ1v) is 10.3. The van der Waals surface area contributed by atoms with E-state index in [-0.39, 0.29) is 36.0 Å². The van der Waals surface area contributed by atoms with Crippen molar-refractivity contribution in [3.8, 4) is 0 Å². The smallest absolute Gasteiger partial charge is 0.278 e. The van der Waals surface area contributed by atoms with Crippen LogP contribution in [-0.2, 0) is 24.3 Å². The number of hydrogen-bond donors (Lipinski definition) is 1. The van der Waals surface area contributed by atoms with Gasteiger partial charge in [0.2, 0.25) is 5.91 Å². The molecule has 2 amide bonds. The third-order valence-corrected chi connectivity index (χ3v) is 5.68. The van der Waals surface area contributed by atoms with Crippen molar-refractivity contribution in [2.45, 2.75) is 25.9 Å². The monoisotopic (exact) mass is 408 g/mol. The summed E-state index contributed by atoms with van der Waals surface area (Å²) in [6.45, 7) is 1.17. The van der Waals surface area contributed by atoms with Gasteiger partial charge in [-0.3, -0.25) is 14.4 Å². The summed E-state index contributed by atoms with van der Waals surface area (Å²) in [5, 5.41) is 8.98. The fourth-order valence-electron chi connectivity index (χ4n) is 3.31. The number of rotatable bonds is 6. The Balaban J connectivity index is 1.42. The van der Waals surface area contributed by atoms with Gasteiger partial charge >= 0.3 is 0 Å². The number of carbonyl (C=O) groups excluding carboxylic acids is 2. The quantitative estimate of drug-likeness (QED) is 0.678. The van der Waals surface area contributed by atoms with Crippen molar-refractivity contribution in [1.29, 1.82) is 0 Å². The van der Waals surface area contributed by atoms with Crippen LogP contribution in [0.4, 0.5) is 5.69 Å². The molecule has 4 rings (SSSR count). The minimum Gasteiger partial charge on any atom is -0.351 e. The molecule has 2 aromatic heterocycles. The Morgan fingerprint density at radius 2 is 1.97 bits per heavy atom. The summed E-state index contributed by atoms with van der Waals surface area (Å²) in [6.07, 6.45) is 0.911. The van der Waals surface area contributed by atoms with Gasteiger partial charge in [-0.2, -0.15) is 5.10 Å². The highest BCUT2D eigenvalue weighted by molar-refractivity contribution is 7.09. The van der Waals surface area contributed by atoms with Crippen LogP contribution in [0.2, 0.25) is 0 Å². The van der Waals surface area contributed by atoms with Crippen LogP contribution in [0, 0.1) is 0 Å². The average Bonchev–Trinajstić information content (AvgIpc) is 3.41. The fraction of sp³-hybridized carbons (Fsp3) is 0.238. The highest BCUT2D eigenvalue weighted by Crippen LogP contribution is 2.28. The molecule has 1 N–H and O–H groups in total. The zero-order chi connectivity index (χ0) is 20.2. The number of amides is 2. The standard InChI is InChI=1S/C21H20N4O3S/c26-19(22-14-16-5-3-13-29-16)10-12-25-20(27)8-7-17(23-25)21(28)24-11-9-15-4-1-2-6-18(15)24/h1-8,13H,9-12,14H2,(H,22,26). The predicted molar refractivity (Wildman–Crippen MR) is 111 cm³/mol. The number of anilines is 1. The first-order chi connectivity index (χ1) is 14.1. The van der Waals surface area contributed by atoms with Gasteiger partial charge in [-0.05, 0) is 35.6 Å². The van der Waals surface area contributed by atoms with E-state index in [9.17, 15) is 14.4 Å². The molecule has 0 radical (unpaired) electrons. The van der Waals surface area contributed by atoms with Crippen LogP contribution in [0.3, 0.4) is 0 Å². The van der Waals surface area contributed by atoms with Crippen molar-refractivity contribution in [2.24, 2.45) is 0 Å². The number of nitrogens with zero attached hydrogens (tertiary/aromatic N) is 3. The van der Waals surface area contributed by atoms with Crippen molar-refractivity contribution in [1.82, 2.24) is 15.1 Å². The highest BCUT2D eigenvalue weighted by Gasteiger charge is 2.26. The lowest BCUT2D eigenvalue weighted by Gasteiger charge is -2.17. The van der Waals surface area contributed by atoms with Crippen LogP contribution in [0.5, 0.6) is 0 Å². The molecule has 1 aromatic carbocycles. The summed E-state index contributed by atoms with van der Waals surface area (Å²) >= 11 is 1.57. The second kappa shape index (κ2) is 8.40. The summed E-state index contributed by atoms with van der Waals surface area (Å²) in [6, 6.07) is 14.4. The SMILES string of the molecule is O=C(CCn1nc(C(=O)N2CCc3ccccc32)ccc1=O)NCc1cccs1. The molecule has 8 heteroatoms. The maximum absolute atomic E-state index is 12.9. The number of aryl methyl sites for hydroxylation is 1. The second-order valence-corrected chi connectivity index (χ2v) is 7.75. The molecule has 0 unspecified atom stereocenters. The van der Waals surface area contributed by atoms with Crippen LogP contribution in [-0.4, -0.2) is 28.1 Å². The molecule has 0 spiro atoms. The van der Waals surface area contributed by atoms with Gasteiger partial charge in [0, 0.05) is 29.6 Å². The van der Waals surface area contributed by atoms with Gasteiger partial charge in [0.05, 0.1) is 13.1 Å². The second-order valence-electron chi connectivity index (χ2n) is 6.72. The molecule has 0 atom stereocenters. The van der Waals surface area contributed by atoms with Gasteiger partial charge in [0.1, 0.15) is 5.69 Å². The molecule has 7 nitrogen and oxygen atoms in total. The van der Waals surface area contributed by atoms with E-state index in [4.69, 9.17) is 0 Å². The molecule has 0 saturated heterocycles. The molecule has 148 valence electrons. The molecule has 3 aromatic rings. The van der Waals surface area contributed by atoms with E-state index < -0.39 is 0 Å². The van der Waals surface area contributed by atoms with Crippen LogP contribution in [0.15, 0.2) is 58.7 Å². The van der Waals surface area contributed by atoms with Gasteiger partial charge in [-0.15, -0.1) is 11.3 Å². The summed E-state index contributed by atoms with van der Waals surface area (Å²) < 4.78 is 1.18. The maximum atomic E-state index is 12.9. The zero-order valence-corrected chi connectivity index (χ0v) is 16.5. The van der Waals surface area contributed by atoms with Gasteiger partial charge in [-0.25, -0.2) is 4.68 Å². The molecule has 1 aliphatic heterocycles. The molecule has 29 heavy (non-hydrogen) atoms. The lowest BCUT2D eigenvalue weighted by Crippen LogP contribution is -2.33. The maximum Gasteiger partial charge on any atom is 0.278 e. The Hall–Kier alpha value is -3.26. The normalized spacial score (nSPS) is 12.6. The summed E-state index contributed by atoms with van der Waals surface area (Å²) in [5.41, 5.74) is 1.86. The number of carbonyl (C=O) groups is 2. The fourth-order valence-corrected chi connectivity index (χ4v) is 3.95. The largest absolute Gasteiger partial charge is 0.351 e. The molecule has 0 fully saturated rings. The van der Waals surface area contributed by atoms with E-state index in [0.717, 1.165) is 22.5 Å². The summed E-state index contributed by atoms with van der Waals surface area (Å²) in [4.78, 5) is 39.8. The lowest BCUT2D eigenvalue weighted by molar-refractivity contribution is -0.121. The van der Waals surface area contributed by atoms with E-state index in [1.807, 2.05) is 41.8 Å². The molecule has 1 aliphatic rings. The summed E-state index contributed by atoms with van der Waals surface area (Å²) in [7, 11) is 0. The zero-order valence-electron chi connectivity index (χ0n) is 15.7. The number of fused-ring (bicyclic) bond motifs is 1. The Morgan fingerprint density at radius 3 is 2.79 bits per heavy atom. The van der Waals surface area contributed by atoms with Crippen molar-refractivity contribution in [3.63, 3.8) is 0 Å². The third-order valence-electron chi connectivity index (χ3n) is 4.81. The first-order valence-electron chi connectivity index (χ1n) is 9.39. The molecular weight excluding hydrogens is 388 g/mol. The van der Waals surface area contributed by atoms with Crippen LogP contribution in [0.25, 0.3) is 0 Å². The summed E-state index contributed by atoms with van der Waals surface area (Å²) in [5.74, 6) is -0.414. The van der Waals surface area contributed by atoms with Gasteiger partial charge in [-0.1, -0.05) is 24.3 Å². The minimum atomic E-state index is -0.338.